The third-order valence-corrected chi connectivity index (χ3v) is 3.40. The second-order valence-corrected chi connectivity index (χ2v) is 4.80. The van der Waals surface area contributed by atoms with Gasteiger partial charge >= 0.3 is 0 Å². The summed E-state index contributed by atoms with van der Waals surface area (Å²) in [5, 5.41) is 0. The SMILES string of the molecule is C=C(/C(C)=C(\C)OCc1ccccc1)c1ccccc1. The molecule has 0 bridgehead atoms. The first kappa shape index (κ1) is 14.1. The van der Waals surface area contributed by atoms with Gasteiger partial charge in [-0.3, -0.25) is 0 Å². The van der Waals surface area contributed by atoms with Crippen LogP contribution in [-0.4, -0.2) is 0 Å². The quantitative estimate of drug-likeness (QED) is 0.532. The number of hydrogen-bond donors (Lipinski definition) is 0. The number of hydrogen-bond acceptors (Lipinski definition) is 1. The fourth-order valence-electron chi connectivity index (χ4n) is 1.94. The van der Waals surface area contributed by atoms with Crippen molar-refractivity contribution in [3.05, 3.63) is 89.7 Å². The second kappa shape index (κ2) is 6.76. The monoisotopic (exact) mass is 264 g/mol. The van der Waals surface area contributed by atoms with Crippen LogP contribution in [0, 0.1) is 0 Å². The molecule has 0 aliphatic rings. The van der Waals surface area contributed by atoms with Crippen molar-refractivity contribution in [2.75, 3.05) is 0 Å². The summed E-state index contributed by atoms with van der Waals surface area (Å²) in [6, 6.07) is 20.4. The second-order valence-electron chi connectivity index (χ2n) is 4.80. The molecule has 20 heavy (non-hydrogen) atoms. The fourth-order valence-corrected chi connectivity index (χ4v) is 1.94. The zero-order valence-electron chi connectivity index (χ0n) is 12.1. The maximum absolute atomic E-state index is 5.85. The molecule has 0 aliphatic heterocycles. The van der Waals surface area contributed by atoms with Crippen LogP contribution in [0.1, 0.15) is 25.0 Å². The van der Waals surface area contributed by atoms with E-state index in [9.17, 15) is 0 Å². The van der Waals surface area contributed by atoms with Crippen molar-refractivity contribution in [3.8, 4) is 0 Å². The average Bonchev–Trinajstić information content (AvgIpc) is 2.53. The van der Waals surface area contributed by atoms with Gasteiger partial charge in [0.25, 0.3) is 0 Å². The van der Waals surface area contributed by atoms with Gasteiger partial charge in [-0.25, -0.2) is 0 Å². The molecular weight excluding hydrogens is 244 g/mol. The van der Waals surface area contributed by atoms with E-state index < -0.39 is 0 Å². The highest BCUT2D eigenvalue weighted by atomic mass is 16.5. The van der Waals surface area contributed by atoms with Gasteiger partial charge in [-0.15, -0.1) is 0 Å². The topological polar surface area (TPSA) is 9.23 Å². The van der Waals surface area contributed by atoms with E-state index in [2.05, 4.69) is 37.8 Å². The van der Waals surface area contributed by atoms with Crippen molar-refractivity contribution in [3.63, 3.8) is 0 Å². The van der Waals surface area contributed by atoms with E-state index in [-0.39, 0.29) is 0 Å². The molecular formula is C19H20O. The Balaban J connectivity index is 2.06. The minimum atomic E-state index is 0.589. The Morgan fingerprint density at radius 3 is 2.05 bits per heavy atom. The highest BCUT2D eigenvalue weighted by Crippen LogP contribution is 2.24. The lowest BCUT2D eigenvalue weighted by atomic mass is 10.0. The van der Waals surface area contributed by atoms with Crippen molar-refractivity contribution in [2.45, 2.75) is 20.5 Å². The van der Waals surface area contributed by atoms with Gasteiger partial charge in [0.2, 0.25) is 0 Å². The molecule has 0 amide bonds. The van der Waals surface area contributed by atoms with E-state index in [1.807, 2.05) is 43.3 Å². The number of allylic oxidation sites excluding steroid dienone is 3. The molecule has 1 nitrogen and oxygen atoms in total. The summed E-state index contributed by atoms with van der Waals surface area (Å²) in [4.78, 5) is 0. The van der Waals surface area contributed by atoms with Crippen molar-refractivity contribution in [1.82, 2.24) is 0 Å². The van der Waals surface area contributed by atoms with Crippen molar-refractivity contribution in [1.29, 1.82) is 0 Å². The summed E-state index contributed by atoms with van der Waals surface area (Å²) in [5.74, 6) is 0.919. The molecule has 0 radical (unpaired) electrons. The Labute approximate surface area is 121 Å². The van der Waals surface area contributed by atoms with Crippen LogP contribution in [-0.2, 0) is 11.3 Å². The van der Waals surface area contributed by atoms with E-state index in [4.69, 9.17) is 4.74 Å². The average molecular weight is 264 g/mol. The summed E-state index contributed by atoms with van der Waals surface area (Å²) in [7, 11) is 0. The van der Waals surface area contributed by atoms with Crippen molar-refractivity contribution in [2.24, 2.45) is 0 Å². The van der Waals surface area contributed by atoms with Crippen LogP contribution in [0.25, 0.3) is 5.57 Å². The Morgan fingerprint density at radius 1 is 0.900 bits per heavy atom. The Hall–Kier alpha value is -2.28. The first-order chi connectivity index (χ1) is 9.68. The maximum atomic E-state index is 5.85. The van der Waals surface area contributed by atoms with Gasteiger partial charge in [-0.05, 0) is 36.1 Å². The first-order valence-electron chi connectivity index (χ1n) is 6.77. The van der Waals surface area contributed by atoms with Crippen molar-refractivity contribution >= 4 is 5.57 Å². The van der Waals surface area contributed by atoms with E-state index >= 15 is 0 Å². The standard InChI is InChI=1S/C19H20O/c1-15(16(2)19-12-8-5-9-13-19)17(3)20-14-18-10-6-4-7-11-18/h4-13H,2,14H2,1,3H3/b17-15+. The van der Waals surface area contributed by atoms with E-state index in [0.29, 0.717) is 6.61 Å². The Morgan fingerprint density at radius 2 is 1.45 bits per heavy atom. The first-order valence-corrected chi connectivity index (χ1v) is 6.77. The van der Waals surface area contributed by atoms with Gasteiger partial charge in [-0.2, -0.15) is 0 Å². The van der Waals surface area contributed by atoms with Gasteiger partial charge in [-0.1, -0.05) is 67.2 Å². The molecule has 0 aliphatic carbocycles. The summed E-state index contributed by atoms with van der Waals surface area (Å²) >= 11 is 0. The number of rotatable bonds is 5. The molecule has 0 heterocycles. The summed E-state index contributed by atoms with van der Waals surface area (Å²) in [6.45, 7) is 8.80. The zero-order valence-corrected chi connectivity index (χ0v) is 12.1. The highest BCUT2D eigenvalue weighted by molar-refractivity contribution is 5.76. The predicted octanol–water partition coefficient (Wildman–Crippen LogP) is 5.21. The summed E-state index contributed by atoms with van der Waals surface area (Å²) in [5.41, 5.74) is 4.40. The molecule has 0 atom stereocenters. The van der Waals surface area contributed by atoms with Gasteiger partial charge in [0.15, 0.2) is 0 Å². The fraction of sp³-hybridized carbons (Fsp3) is 0.158. The molecule has 0 unspecified atom stereocenters. The van der Waals surface area contributed by atoms with E-state index in [0.717, 1.165) is 22.5 Å². The normalized spacial score (nSPS) is 11.7. The summed E-state index contributed by atoms with van der Waals surface area (Å²) in [6.07, 6.45) is 0. The molecule has 0 spiro atoms. The van der Waals surface area contributed by atoms with E-state index in [1.165, 1.54) is 5.56 Å². The van der Waals surface area contributed by atoms with Crippen LogP contribution in [0.3, 0.4) is 0 Å². The molecule has 0 N–H and O–H groups in total. The predicted molar refractivity (Wildman–Crippen MR) is 85.1 cm³/mol. The largest absolute Gasteiger partial charge is 0.493 e. The van der Waals surface area contributed by atoms with Gasteiger partial charge in [0, 0.05) is 0 Å². The lowest BCUT2D eigenvalue weighted by Crippen LogP contribution is -1.95. The van der Waals surface area contributed by atoms with Crippen LogP contribution in [0.15, 0.2) is 78.6 Å². The zero-order chi connectivity index (χ0) is 14.4. The van der Waals surface area contributed by atoms with Crippen LogP contribution in [0.4, 0.5) is 0 Å². The van der Waals surface area contributed by atoms with Crippen molar-refractivity contribution < 1.29 is 4.74 Å². The Bertz CT molecular complexity index is 594. The third-order valence-electron chi connectivity index (χ3n) is 3.40. The van der Waals surface area contributed by atoms with Crippen LogP contribution in [0.5, 0.6) is 0 Å². The smallest absolute Gasteiger partial charge is 0.113 e. The minimum Gasteiger partial charge on any atom is -0.493 e. The molecule has 2 aromatic carbocycles. The molecule has 0 aromatic heterocycles. The molecule has 2 rings (SSSR count). The third kappa shape index (κ3) is 3.61. The number of ether oxygens (including phenoxy) is 1. The highest BCUT2D eigenvalue weighted by Gasteiger charge is 2.05. The van der Waals surface area contributed by atoms with Gasteiger partial charge in [0.05, 0.1) is 5.76 Å². The summed E-state index contributed by atoms with van der Waals surface area (Å²) < 4.78 is 5.85. The molecule has 0 saturated carbocycles. The van der Waals surface area contributed by atoms with Crippen LogP contribution < -0.4 is 0 Å². The molecule has 2 aromatic rings. The molecule has 0 fully saturated rings. The maximum Gasteiger partial charge on any atom is 0.113 e. The molecule has 1 heteroatoms. The van der Waals surface area contributed by atoms with Gasteiger partial charge in [0.1, 0.15) is 6.61 Å². The Kier molecular flexibility index (Phi) is 4.78. The van der Waals surface area contributed by atoms with E-state index in [1.54, 1.807) is 0 Å². The molecule has 0 saturated heterocycles. The van der Waals surface area contributed by atoms with Crippen LogP contribution >= 0.6 is 0 Å². The number of benzene rings is 2. The van der Waals surface area contributed by atoms with Crippen LogP contribution in [0.2, 0.25) is 0 Å². The minimum absolute atomic E-state index is 0.589. The lowest BCUT2D eigenvalue weighted by molar-refractivity contribution is 0.198. The molecule has 102 valence electrons. The lowest BCUT2D eigenvalue weighted by Gasteiger charge is -2.13. The van der Waals surface area contributed by atoms with Gasteiger partial charge < -0.3 is 4.74 Å².